The first kappa shape index (κ1) is 14.5. The first-order valence-electron chi connectivity index (χ1n) is 6.14. The summed E-state index contributed by atoms with van der Waals surface area (Å²) in [6.07, 6.45) is 0. The number of carbonyl (C=O) groups is 1. The molecule has 4 N–H and O–H groups in total. The lowest BCUT2D eigenvalue weighted by Crippen LogP contribution is -2.10. The number of amides is 1. The third kappa shape index (κ3) is 3.17. The van der Waals surface area contributed by atoms with E-state index in [-0.39, 0.29) is 0 Å². The van der Waals surface area contributed by atoms with Gasteiger partial charge in [0.25, 0.3) is 0 Å². The summed E-state index contributed by atoms with van der Waals surface area (Å²) >= 11 is 0. The van der Waals surface area contributed by atoms with E-state index in [9.17, 15) is 4.79 Å². The second kappa shape index (κ2) is 6.04. The van der Waals surface area contributed by atoms with Gasteiger partial charge in [-0.05, 0) is 30.3 Å². The molecule has 0 aromatic heterocycles. The lowest BCUT2D eigenvalue weighted by atomic mass is 10.2. The van der Waals surface area contributed by atoms with E-state index < -0.39 is 5.91 Å². The maximum Gasteiger partial charge on any atom is 0.248 e. The number of primary amides is 1. The van der Waals surface area contributed by atoms with Crippen molar-refractivity contribution in [3.63, 3.8) is 0 Å². The van der Waals surface area contributed by atoms with Crippen molar-refractivity contribution in [3.05, 3.63) is 42.0 Å². The zero-order valence-electron chi connectivity index (χ0n) is 11.8. The van der Waals surface area contributed by atoms with E-state index in [1.807, 2.05) is 0 Å². The van der Waals surface area contributed by atoms with E-state index in [1.54, 1.807) is 37.4 Å². The Bertz CT molecular complexity index is 671. The molecule has 2 aromatic rings. The molecule has 0 radical (unpaired) electrons. The van der Waals surface area contributed by atoms with Gasteiger partial charge in [0.15, 0.2) is 17.2 Å². The number of nitrogen functional groups attached to an aromatic ring is 1. The van der Waals surface area contributed by atoms with Gasteiger partial charge in [-0.3, -0.25) is 4.79 Å². The van der Waals surface area contributed by atoms with Crippen molar-refractivity contribution < 1.29 is 19.0 Å². The fourth-order valence-electron chi connectivity index (χ4n) is 1.77. The summed E-state index contributed by atoms with van der Waals surface area (Å²) in [7, 11) is 3.03. The summed E-state index contributed by atoms with van der Waals surface area (Å²) in [5.41, 5.74) is 11.9. The number of benzene rings is 2. The van der Waals surface area contributed by atoms with Crippen LogP contribution in [0.1, 0.15) is 10.4 Å². The van der Waals surface area contributed by atoms with Gasteiger partial charge in [-0.2, -0.15) is 0 Å². The molecule has 6 nitrogen and oxygen atoms in total. The molecule has 0 unspecified atom stereocenters. The standard InChI is InChI=1S/C15H16N2O4/c1-19-10-4-6-12(11(16)8-10)21-13-5-3-9(15(17)18)7-14(13)20-2/h3-8H,16H2,1-2H3,(H2,17,18). The zero-order valence-corrected chi connectivity index (χ0v) is 11.8. The molecule has 2 rings (SSSR count). The molecule has 110 valence electrons. The smallest absolute Gasteiger partial charge is 0.248 e. The highest BCUT2D eigenvalue weighted by molar-refractivity contribution is 5.93. The predicted octanol–water partition coefficient (Wildman–Crippen LogP) is 2.18. The van der Waals surface area contributed by atoms with Crippen LogP contribution in [0.2, 0.25) is 0 Å². The fraction of sp³-hybridized carbons (Fsp3) is 0.133. The Kier molecular flexibility index (Phi) is 4.18. The number of carbonyl (C=O) groups excluding carboxylic acids is 1. The monoisotopic (exact) mass is 288 g/mol. The lowest BCUT2D eigenvalue weighted by Gasteiger charge is -2.13. The summed E-state index contributed by atoms with van der Waals surface area (Å²) in [5.74, 6) is 1.38. The molecule has 21 heavy (non-hydrogen) atoms. The predicted molar refractivity (Wildman–Crippen MR) is 79.0 cm³/mol. The lowest BCUT2D eigenvalue weighted by molar-refractivity contribution is 0.1000. The van der Waals surface area contributed by atoms with Crippen LogP contribution in [0.4, 0.5) is 5.69 Å². The number of hydrogen-bond donors (Lipinski definition) is 2. The topological polar surface area (TPSA) is 96.8 Å². The van der Waals surface area contributed by atoms with Crippen LogP contribution in [0.15, 0.2) is 36.4 Å². The van der Waals surface area contributed by atoms with Gasteiger partial charge < -0.3 is 25.7 Å². The number of methoxy groups -OCH3 is 2. The highest BCUT2D eigenvalue weighted by Gasteiger charge is 2.11. The van der Waals surface area contributed by atoms with Crippen molar-refractivity contribution in [1.82, 2.24) is 0 Å². The second-order valence-electron chi connectivity index (χ2n) is 4.24. The molecule has 0 aliphatic heterocycles. The van der Waals surface area contributed by atoms with Gasteiger partial charge in [0.2, 0.25) is 5.91 Å². The molecule has 2 aromatic carbocycles. The summed E-state index contributed by atoms with van der Waals surface area (Å²) in [6, 6.07) is 9.74. The van der Waals surface area contributed by atoms with Crippen LogP contribution < -0.4 is 25.7 Å². The molecule has 0 bridgehead atoms. The molecule has 1 amide bonds. The first-order chi connectivity index (χ1) is 10.0. The Morgan fingerprint density at radius 2 is 1.67 bits per heavy atom. The summed E-state index contributed by atoms with van der Waals surface area (Å²) < 4.78 is 16.0. The van der Waals surface area contributed by atoms with E-state index >= 15 is 0 Å². The highest BCUT2D eigenvalue weighted by Crippen LogP contribution is 2.36. The summed E-state index contributed by atoms with van der Waals surface area (Å²) in [6.45, 7) is 0. The van der Waals surface area contributed by atoms with Crippen molar-refractivity contribution in [2.45, 2.75) is 0 Å². The van der Waals surface area contributed by atoms with Crippen molar-refractivity contribution in [2.24, 2.45) is 5.73 Å². The zero-order chi connectivity index (χ0) is 15.4. The molecule has 0 heterocycles. The first-order valence-corrected chi connectivity index (χ1v) is 6.14. The molecule has 0 spiro atoms. The number of nitrogens with two attached hydrogens (primary N) is 2. The number of rotatable bonds is 5. The largest absolute Gasteiger partial charge is 0.497 e. The third-order valence-corrected chi connectivity index (χ3v) is 2.89. The van der Waals surface area contributed by atoms with Crippen molar-refractivity contribution in [1.29, 1.82) is 0 Å². The van der Waals surface area contributed by atoms with Crippen molar-refractivity contribution in [3.8, 4) is 23.0 Å². The summed E-state index contributed by atoms with van der Waals surface area (Å²) in [5, 5.41) is 0. The van der Waals surface area contributed by atoms with E-state index in [4.69, 9.17) is 25.7 Å². The molecule has 0 aliphatic rings. The average molecular weight is 288 g/mol. The second-order valence-corrected chi connectivity index (χ2v) is 4.24. The van der Waals surface area contributed by atoms with Crippen molar-refractivity contribution in [2.75, 3.05) is 20.0 Å². The minimum absolute atomic E-state index is 0.335. The van der Waals surface area contributed by atoms with Crippen LogP contribution in [0.3, 0.4) is 0 Å². The van der Waals surface area contributed by atoms with Crippen LogP contribution >= 0.6 is 0 Å². The molecular weight excluding hydrogens is 272 g/mol. The van der Waals surface area contributed by atoms with Crippen LogP contribution in [-0.2, 0) is 0 Å². The van der Waals surface area contributed by atoms with E-state index in [1.165, 1.54) is 13.2 Å². The molecular formula is C15H16N2O4. The van der Waals surface area contributed by atoms with E-state index in [0.29, 0.717) is 34.2 Å². The van der Waals surface area contributed by atoms with Crippen LogP contribution in [0.5, 0.6) is 23.0 Å². The minimum Gasteiger partial charge on any atom is -0.497 e. The van der Waals surface area contributed by atoms with Crippen LogP contribution in [-0.4, -0.2) is 20.1 Å². The molecule has 0 saturated carbocycles. The normalized spacial score (nSPS) is 10.0. The Morgan fingerprint density at radius 3 is 2.24 bits per heavy atom. The van der Waals surface area contributed by atoms with E-state index in [2.05, 4.69) is 0 Å². The summed E-state index contributed by atoms with van der Waals surface area (Å²) in [4.78, 5) is 11.2. The highest BCUT2D eigenvalue weighted by atomic mass is 16.5. The minimum atomic E-state index is -0.538. The Balaban J connectivity index is 2.33. The van der Waals surface area contributed by atoms with Gasteiger partial charge in [0, 0.05) is 11.6 Å². The SMILES string of the molecule is COc1ccc(Oc2ccc(C(N)=O)cc2OC)c(N)c1. The molecule has 0 aliphatic carbocycles. The van der Waals surface area contributed by atoms with Gasteiger partial charge in [-0.25, -0.2) is 0 Å². The third-order valence-electron chi connectivity index (χ3n) is 2.89. The molecule has 0 fully saturated rings. The number of hydrogen-bond acceptors (Lipinski definition) is 5. The Labute approximate surface area is 122 Å². The van der Waals surface area contributed by atoms with Gasteiger partial charge in [-0.1, -0.05) is 0 Å². The molecule has 0 atom stereocenters. The van der Waals surface area contributed by atoms with Gasteiger partial charge in [0.05, 0.1) is 19.9 Å². The number of ether oxygens (including phenoxy) is 3. The molecule has 6 heteroatoms. The van der Waals surface area contributed by atoms with Gasteiger partial charge in [0.1, 0.15) is 5.75 Å². The van der Waals surface area contributed by atoms with E-state index in [0.717, 1.165) is 0 Å². The fourth-order valence-corrected chi connectivity index (χ4v) is 1.77. The average Bonchev–Trinajstić information content (AvgIpc) is 2.49. The Morgan fingerprint density at radius 1 is 0.952 bits per heavy atom. The van der Waals surface area contributed by atoms with Gasteiger partial charge >= 0.3 is 0 Å². The molecule has 0 saturated heterocycles. The van der Waals surface area contributed by atoms with Gasteiger partial charge in [-0.15, -0.1) is 0 Å². The maximum atomic E-state index is 11.2. The number of anilines is 1. The Hall–Kier alpha value is -2.89. The quantitative estimate of drug-likeness (QED) is 0.822. The maximum absolute atomic E-state index is 11.2. The van der Waals surface area contributed by atoms with Crippen LogP contribution in [0, 0.1) is 0 Å². The van der Waals surface area contributed by atoms with Crippen LogP contribution in [0.25, 0.3) is 0 Å². The van der Waals surface area contributed by atoms with Crippen molar-refractivity contribution >= 4 is 11.6 Å².